The molecule has 7 nitrogen and oxygen atoms in total. The number of carbonyl (C=O) groups excluding carboxylic acids is 1. The van der Waals surface area contributed by atoms with Crippen LogP contribution in [0.3, 0.4) is 0 Å². The third-order valence-corrected chi connectivity index (χ3v) is 6.33. The van der Waals surface area contributed by atoms with Crippen molar-refractivity contribution in [2.75, 3.05) is 40.4 Å². The summed E-state index contributed by atoms with van der Waals surface area (Å²) >= 11 is 0. The summed E-state index contributed by atoms with van der Waals surface area (Å²) in [4.78, 5) is 13.7. The average Bonchev–Trinajstić information content (AvgIpc) is 2.87. The lowest BCUT2D eigenvalue weighted by molar-refractivity contribution is -0.130. The number of benzene rings is 1. The van der Waals surface area contributed by atoms with Gasteiger partial charge in [0, 0.05) is 38.7 Å². The lowest BCUT2D eigenvalue weighted by atomic mass is 10.2. The second-order valence-electron chi connectivity index (χ2n) is 5.96. The van der Waals surface area contributed by atoms with Crippen LogP contribution < -0.4 is 9.47 Å². The number of nitrogens with zero attached hydrogens (tertiary/aromatic N) is 2. The van der Waals surface area contributed by atoms with Gasteiger partial charge in [-0.2, -0.15) is 4.31 Å². The van der Waals surface area contributed by atoms with Gasteiger partial charge < -0.3 is 14.4 Å². The maximum Gasteiger partial charge on any atom is 0.246 e. The van der Waals surface area contributed by atoms with Gasteiger partial charge in [0.15, 0.2) is 0 Å². The third kappa shape index (κ3) is 4.07. The van der Waals surface area contributed by atoms with Crippen molar-refractivity contribution >= 4 is 15.9 Å². The molecule has 0 aromatic heterocycles. The Hall–Kier alpha value is -1.80. The molecule has 0 unspecified atom stereocenters. The lowest BCUT2D eigenvalue weighted by Gasteiger charge is -2.23. The van der Waals surface area contributed by atoms with E-state index in [2.05, 4.69) is 0 Å². The molecule has 1 fully saturated rings. The number of hydrogen-bond acceptors (Lipinski definition) is 5. The molecule has 25 heavy (non-hydrogen) atoms. The summed E-state index contributed by atoms with van der Waals surface area (Å²) in [7, 11) is -0.789. The lowest BCUT2D eigenvalue weighted by Crippen LogP contribution is -2.37. The minimum Gasteiger partial charge on any atom is -0.496 e. The Morgan fingerprint density at radius 2 is 1.76 bits per heavy atom. The summed E-state index contributed by atoms with van der Waals surface area (Å²) in [5.74, 6) is 0.842. The van der Waals surface area contributed by atoms with Gasteiger partial charge >= 0.3 is 0 Å². The molecule has 8 heteroatoms. The Labute approximate surface area is 149 Å². The fraction of sp³-hybridized carbons (Fsp3) is 0.588. The predicted octanol–water partition coefficient (Wildman–Crippen LogP) is 1.65. The van der Waals surface area contributed by atoms with E-state index in [9.17, 15) is 13.2 Å². The Bertz CT molecular complexity index is 733. The van der Waals surface area contributed by atoms with E-state index in [1.54, 1.807) is 11.0 Å². The number of sulfonamides is 1. The number of aryl methyl sites for hydroxylation is 1. The summed E-state index contributed by atoms with van der Waals surface area (Å²) < 4.78 is 38.2. The van der Waals surface area contributed by atoms with Crippen LogP contribution in [-0.2, 0) is 14.8 Å². The normalized spacial score (nSPS) is 16.4. The van der Waals surface area contributed by atoms with Crippen LogP contribution in [0.5, 0.6) is 11.5 Å². The first-order valence-corrected chi connectivity index (χ1v) is 9.79. The predicted molar refractivity (Wildman–Crippen MR) is 94.5 cm³/mol. The number of hydrogen-bond donors (Lipinski definition) is 0. The highest BCUT2D eigenvalue weighted by atomic mass is 32.2. The Kier molecular flexibility index (Phi) is 6.29. The Morgan fingerprint density at radius 3 is 2.36 bits per heavy atom. The van der Waals surface area contributed by atoms with Gasteiger partial charge in [-0.25, -0.2) is 8.42 Å². The van der Waals surface area contributed by atoms with Crippen LogP contribution in [0.25, 0.3) is 0 Å². The van der Waals surface area contributed by atoms with Gasteiger partial charge in [0.2, 0.25) is 15.9 Å². The molecule has 0 atom stereocenters. The highest BCUT2D eigenvalue weighted by Gasteiger charge is 2.31. The minimum absolute atomic E-state index is 0.0498. The molecule has 1 aromatic rings. The Morgan fingerprint density at radius 1 is 1.08 bits per heavy atom. The number of ether oxygens (including phenoxy) is 2. The van der Waals surface area contributed by atoms with Crippen molar-refractivity contribution < 1.29 is 22.7 Å². The van der Waals surface area contributed by atoms with Crippen molar-refractivity contribution in [1.29, 1.82) is 0 Å². The van der Waals surface area contributed by atoms with Gasteiger partial charge in [0.25, 0.3) is 0 Å². The molecule has 1 aliphatic heterocycles. The van der Waals surface area contributed by atoms with E-state index in [1.807, 2.05) is 13.8 Å². The number of amides is 1. The van der Waals surface area contributed by atoms with Crippen LogP contribution in [0, 0.1) is 6.92 Å². The standard InChI is InChI=1S/C17H26N2O5S/c1-5-17(20)18-7-6-8-19(10-9-18)25(21,22)16-12-14(23-3)13(2)11-15(16)24-4/h11-12H,5-10H2,1-4H3. The van der Waals surface area contributed by atoms with Crippen molar-refractivity contribution in [2.45, 2.75) is 31.6 Å². The van der Waals surface area contributed by atoms with E-state index < -0.39 is 10.0 Å². The van der Waals surface area contributed by atoms with Crippen molar-refractivity contribution in [3.8, 4) is 11.5 Å². The monoisotopic (exact) mass is 370 g/mol. The molecule has 0 N–H and O–H groups in total. The molecule has 0 spiro atoms. The van der Waals surface area contributed by atoms with Crippen molar-refractivity contribution in [3.05, 3.63) is 17.7 Å². The zero-order valence-corrected chi connectivity index (χ0v) is 16.1. The SMILES string of the molecule is CCC(=O)N1CCCN(S(=O)(=O)c2cc(OC)c(C)cc2OC)CC1. The van der Waals surface area contributed by atoms with Gasteiger partial charge in [0.1, 0.15) is 16.4 Å². The van der Waals surface area contributed by atoms with Gasteiger partial charge in [-0.1, -0.05) is 6.92 Å². The largest absolute Gasteiger partial charge is 0.496 e. The van der Waals surface area contributed by atoms with Crippen LogP contribution in [0.15, 0.2) is 17.0 Å². The molecule has 1 aromatic carbocycles. The first-order chi connectivity index (χ1) is 11.8. The third-order valence-electron chi connectivity index (χ3n) is 4.41. The fourth-order valence-electron chi connectivity index (χ4n) is 2.97. The molecule has 140 valence electrons. The van der Waals surface area contributed by atoms with Gasteiger partial charge in [-0.05, 0) is 25.0 Å². The second-order valence-corrected chi connectivity index (χ2v) is 7.87. The molecule has 1 saturated heterocycles. The smallest absolute Gasteiger partial charge is 0.246 e. The number of methoxy groups -OCH3 is 2. The van der Waals surface area contributed by atoms with Gasteiger partial charge in [-0.3, -0.25) is 4.79 Å². The Balaban J connectivity index is 2.34. The molecule has 0 saturated carbocycles. The van der Waals surface area contributed by atoms with Crippen molar-refractivity contribution in [2.24, 2.45) is 0 Å². The fourth-order valence-corrected chi connectivity index (χ4v) is 4.59. The molecule has 1 heterocycles. The summed E-state index contributed by atoms with van der Waals surface area (Å²) in [6.45, 7) is 5.26. The topological polar surface area (TPSA) is 76.2 Å². The van der Waals surface area contributed by atoms with E-state index in [4.69, 9.17) is 9.47 Å². The van der Waals surface area contributed by atoms with Crippen molar-refractivity contribution in [3.63, 3.8) is 0 Å². The molecular weight excluding hydrogens is 344 g/mol. The van der Waals surface area contributed by atoms with E-state index in [1.165, 1.54) is 24.6 Å². The zero-order chi connectivity index (χ0) is 18.6. The molecule has 1 amide bonds. The average molecular weight is 370 g/mol. The van der Waals surface area contributed by atoms with E-state index >= 15 is 0 Å². The molecule has 0 radical (unpaired) electrons. The van der Waals surface area contributed by atoms with E-state index in [0.29, 0.717) is 44.0 Å². The summed E-state index contributed by atoms with van der Waals surface area (Å²) in [5.41, 5.74) is 0.800. The molecule has 0 aliphatic carbocycles. The van der Waals surface area contributed by atoms with Crippen molar-refractivity contribution in [1.82, 2.24) is 9.21 Å². The summed E-state index contributed by atoms with van der Waals surface area (Å²) in [6.07, 6.45) is 1.03. The highest BCUT2D eigenvalue weighted by Crippen LogP contribution is 2.33. The quantitative estimate of drug-likeness (QED) is 0.788. The maximum absolute atomic E-state index is 13.1. The van der Waals surface area contributed by atoms with E-state index in [0.717, 1.165) is 5.56 Å². The van der Waals surface area contributed by atoms with Crippen LogP contribution >= 0.6 is 0 Å². The molecule has 0 bridgehead atoms. The van der Waals surface area contributed by atoms with Gasteiger partial charge in [0.05, 0.1) is 14.2 Å². The first kappa shape index (κ1) is 19.5. The zero-order valence-electron chi connectivity index (χ0n) is 15.2. The van der Waals surface area contributed by atoms with Crippen LogP contribution in [-0.4, -0.2) is 63.9 Å². The number of rotatable bonds is 5. The summed E-state index contributed by atoms with van der Waals surface area (Å²) in [6, 6.07) is 3.17. The molecule has 2 rings (SSSR count). The number of carbonyl (C=O) groups is 1. The summed E-state index contributed by atoms with van der Waals surface area (Å²) in [5, 5.41) is 0. The van der Waals surface area contributed by atoms with Crippen LogP contribution in [0.4, 0.5) is 0 Å². The van der Waals surface area contributed by atoms with Crippen LogP contribution in [0.1, 0.15) is 25.3 Å². The minimum atomic E-state index is -3.74. The van der Waals surface area contributed by atoms with Crippen LogP contribution in [0.2, 0.25) is 0 Å². The molecular formula is C17H26N2O5S. The highest BCUT2D eigenvalue weighted by molar-refractivity contribution is 7.89. The van der Waals surface area contributed by atoms with E-state index in [-0.39, 0.29) is 17.3 Å². The van der Waals surface area contributed by atoms with Gasteiger partial charge in [-0.15, -0.1) is 0 Å². The second kappa shape index (κ2) is 8.05. The first-order valence-electron chi connectivity index (χ1n) is 8.35. The molecule has 1 aliphatic rings. The maximum atomic E-state index is 13.1.